The molecule has 24 heavy (non-hydrogen) atoms. The minimum Gasteiger partial charge on any atom is -0.357 e. The molecular formula is C17H22N4OS2. The summed E-state index contributed by atoms with van der Waals surface area (Å²) in [6, 6.07) is 10.1. The Bertz CT molecular complexity index is 641. The summed E-state index contributed by atoms with van der Waals surface area (Å²) in [4.78, 5) is 11.9. The number of hydrogen-bond acceptors (Lipinski definition) is 6. The van der Waals surface area contributed by atoms with Gasteiger partial charge in [0.25, 0.3) is 0 Å². The molecule has 0 bridgehead atoms. The Morgan fingerprint density at radius 3 is 2.75 bits per heavy atom. The number of nitrogens with one attached hydrogen (secondary N) is 2. The fraction of sp³-hybridized carbons (Fsp3) is 0.471. The minimum atomic E-state index is 0.0266. The lowest BCUT2D eigenvalue weighted by Crippen LogP contribution is -2.21. The first-order valence-corrected chi connectivity index (χ1v) is 10.2. The second-order valence-corrected chi connectivity index (χ2v) is 8.18. The van der Waals surface area contributed by atoms with Gasteiger partial charge < -0.3 is 10.6 Å². The highest BCUT2D eigenvalue weighted by atomic mass is 32.2. The van der Waals surface area contributed by atoms with Gasteiger partial charge in [0.1, 0.15) is 0 Å². The van der Waals surface area contributed by atoms with Crippen molar-refractivity contribution < 1.29 is 4.79 Å². The summed E-state index contributed by atoms with van der Waals surface area (Å²) in [7, 11) is 0. The molecule has 0 saturated heterocycles. The zero-order chi connectivity index (χ0) is 16.6. The second-order valence-electron chi connectivity index (χ2n) is 5.87. The van der Waals surface area contributed by atoms with Gasteiger partial charge in [-0.1, -0.05) is 60.6 Å². The van der Waals surface area contributed by atoms with Crippen LogP contribution >= 0.6 is 23.1 Å². The number of aromatic nitrogens is 2. The van der Waals surface area contributed by atoms with E-state index in [1.165, 1.54) is 32.1 Å². The second kappa shape index (κ2) is 9.03. The molecule has 1 heterocycles. The van der Waals surface area contributed by atoms with E-state index in [2.05, 4.69) is 20.8 Å². The number of hydrogen-bond donors (Lipinski definition) is 2. The molecule has 1 aromatic carbocycles. The predicted molar refractivity (Wildman–Crippen MR) is 101 cm³/mol. The van der Waals surface area contributed by atoms with Gasteiger partial charge in [0.05, 0.1) is 0 Å². The fourth-order valence-electron chi connectivity index (χ4n) is 2.72. The lowest BCUT2D eigenvalue weighted by atomic mass is 9.96. The van der Waals surface area contributed by atoms with Gasteiger partial charge in [-0.05, 0) is 25.0 Å². The van der Waals surface area contributed by atoms with E-state index in [1.54, 1.807) is 23.1 Å². The highest BCUT2D eigenvalue weighted by molar-refractivity contribution is 8.01. The molecule has 0 aliphatic heterocycles. The Labute approximate surface area is 150 Å². The van der Waals surface area contributed by atoms with E-state index < -0.39 is 0 Å². The summed E-state index contributed by atoms with van der Waals surface area (Å²) in [5.74, 6) is 0.732. The van der Waals surface area contributed by atoms with Crippen molar-refractivity contribution in [1.29, 1.82) is 0 Å². The van der Waals surface area contributed by atoms with E-state index in [4.69, 9.17) is 0 Å². The quantitative estimate of drug-likeness (QED) is 0.715. The van der Waals surface area contributed by atoms with Gasteiger partial charge in [-0.2, -0.15) is 0 Å². The Morgan fingerprint density at radius 2 is 1.96 bits per heavy atom. The van der Waals surface area contributed by atoms with Crippen molar-refractivity contribution in [2.24, 2.45) is 0 Å². The van der Waals surface area contributed by atoms with Crippen molar-refractivity contribution in [3.8, 4) is 0 Å². The van der Waals surface area contributed by atoms with E-state index in [1.807, 2.05) is 30.3 Å². The van der Waals surface area contributed by atoms with Crippen LogP contribution in [0.25, 0.3) is 0 Å². The number of nitrogens with zero attached hydrogens (tertiary/aromatic N) is 2. The first kappa shape index (κ1) is 17.2. The number of thioether (sulfide) groups is 1. The van der Waals surface area contributed by atoms with E-state index in [-0.39, 0.29) is 5.91 Å². The van der Waals surface area contributed by atoms with Crippen LogP contribution in [0.4, 0.5) is 10.8 Å². The van der Waals surface area contributed by atoms with Crippen LogP contribution in [-0.4, -0.2) is 27.9 Å². The Morgan fingerprint density at radius 1 is 1.17 bits per heavy atom. The van der Waals surface area contributed by atoms with Gasteiger partial charge in [-0.15, -0.1) is 10.2 Å². The minimum absolute atomic E-state index is 0.0266. The fourth-order valence-corrected chi connectivity index (χ4v) is 4.56. The van der Waals surface area contributed by atoms with Crippen LogP contribution in [0.1, 0.15) is 38.5 Å². The van der Waals surface area contributed by atoms with E-state index >= 15 is 0 Å². The number of benzene rings is 1. The standard InChI is InChI=1S/C17H22N4OS2/c22-15(18-13-7-3-1-4-8-13)11-12-23-17-21-20-16(24-17)19-14-9-5-2-6-10-14/h1,3-4,7-8,14H,2,5-6,9-12H2,(H,18,22)(H,19,20). The summed E-state index contributed by atoms with van der Waals surface area (Å²) < 4.78 is 0.917. The van der Waals surface area contributed by atoms with Crippen LogP contribution in [0.15, 0.2) is 34.7 Å². The third-order valence-electron chi connectivity index (χ3n) is 3.95. The highest BCUT2D eigenvalue weighted by Crippen LogP contribution is 2.28. The molecule has 1 fully saturated rings. The normalized spacial score (nSPS) is 15.2. The van der Waals surface area contributed by atoms with Crippen LogP contribution in [-0.2, 0) is 4.79 Å². The van der Waals surface area contributed by atoms with Crippen LogP contribution < -0.4 is 10.6 Å². The van der Waals surface area contributed by atoms with Gasteiger partial charge in [-0.25, -0.2) is 0 Å². The predicted octanol–water partition coefficient (Wildman–Crippen LogP) is 4.40. The maximum atomic E-state index is 11.9. The average Bonchev–Trinajstić information content (AvgIpc) is 3.04. The van der Waals surface area contributed by atoms with E-state index in [9.17, 15) is 4.79 Å². The van der Waals surface area contributed by atoms with Gasteiger partial charge in [0.2, 0.25) is 11.0 Å². The molecule has 0 atom stereocenters. The van der Waals surface area contributed by atoms with Gasteiger partial charge in [0.15, 0.2) is 4.34 Å². The number of anilines is 2. The van der Waals surface area contributed by atoms with Crippen LogP contribution in [0.2, 0.25) is 0 Å². The number of rotatable bonds is 7. The van der Waals surface area contributed by atoms with Crippen molar-refractivity contribution in [3.05, 3.63) is 30.3 Å². The molecule has 1 saturated carbocycles. The molecule has 0 unspecified atom stereocenters. The first-order valence-electron chi connectivity index (χ1n) is 8.37. The topological polar surface area (TPSA) is 66.9 Å². The van der Waals surface area contributed by atoms with Gasteiger partial charge in [0, 0.05) is 23.9 Å². The Kier molecular flexibility index (Phi) is 6.48. The number of carbonyl (C=O) groups excluding carboxylic acids is 1. The number of amides is 1. The van der Waals surface area contributed by atoms with Crippen LogP contribution in [0, 0.1) is 0 Å². The van der Waals surface area contributed by atoms with Gasteiger partial charge in [-0.3, -0.25) is 4.79 Å². The summed E-state index contributed by atoms with van der Waals surface area (Å²) in [6.45, 7) is 0. The average molecular weight is 363 g/mol. The smallest absolute Gasteiger partial charge is 0.225 e. The first-order chi connectivity index (χ1) is 11.8. The molecule has 1 amide bonds. The number of para-hydroxylation sites is 1. The summed E-state index contributed by atoms with van der Waals surface area (Å²) in [6.07, 6.45) is 6.86. The number of carbonyl (C=O) groups is 1. The third-order valence-corrected chi connectivity index (χ3v) is 5.94. The zero-order valence-corrected chi connectivity index (χ0v) is 15.2. The molecule has 1 aliphatic rings. The molecule has 1 aliphatic carbocycles. The van der Waals surface area contributed by atoms with Crippen molar-refractivity contribution in [1.82, 2.24) is 10.2 Å². The summed E-state index contributed by atoms with van der Waals surface area (Å²) >= 11 is 3.17. The molecule has 3 rings (SSSR count). The maximum Gasteiger partial charge on any atom is 0.225 e. The third kappa shape index (κ3) is 5.49. The highest BCUT2D eigenvalue weighted by Gasteiger charge is 2.15. The molecule has 2 aromatic rings. The maximum absolute atomic E-state index is 11.9. The van der Waals surface area contributed by atoms with Crippen molar-refractivity contribution in [3.63, 3.8) is 0 Å². The summed E-state index contributed by atoms with van der Waals surface area (Å²) in [5.41, 5.74) is 0.836. The van der Waals surface area contributed by atoms with Crippen molar-refractivity contribution >= 4 is 39.8 Å². The Balaban J connectivity index is 1.38. The molecule has 5 nitrogen and oxygen atoms in total. The van der Waals surface area contributed by atoms with Gasteiger partial charge >= 0.3 is 0 Å². The monoisotopic (exact) mass is 362 g/mol. The van der Waals surface area contributed by atoms with E-state index in [0.717, 1.165) is 15.2 Å². The molecule has 1 aromatic heterocycles. The molecule has 0 radical (unpaired) electrons. The van der Waals surface area contributed by atoms with Crippen molar-refractivity contribution in [2.75, 3.05) is 16.4 Å². The van der Waals surface area contributed by atoms with Crippen LogP contribution in [0.3, 0.4) is 0 Å². The lowest BCUT2D eigenvalue weighted by Gasteiger charge is -2.21. The van der Waals surface area contributed by atoms with Crippen molar-refractivity contribution in [2.45, 2.75) is 48.9 Å². The Hall–Kier alpha value is -1.60. The largest absolute Gasteiger partial charge is 0.357 e. The zero-order valence-electron chi connectivity index (χ0n) is 13.5. The molecular weight excluding hydrogens is 340 g/mol. The SMILES string of the molecule is O=C(CCSc1nnc(NC2CCCCC2)s1)Nc1ccccc1. The van der Waals surface area contributed by atoms with Crippen LogP contribution in [0.5, 0.6) is 0 Å². The molecule has 0 spiro atoms. The van der Waals surface area contributed by atoms with E-state index in [0.29, 0.717) is 18.2 Å². The molecule has 7 heteroatoms. The molecule has 128 valence electrons. The lowest BCUT2D eigenvalue weighted by molar-refractivity contribution is -0.115. The summed E-state index contributed by atoms with van der Waals surface area (Å²) in [5, 5.41) is 15.7. The molecule has 2 N–H and O–H groups in total.